The zero-order valence-electron chi connectivity index (χ0n) is 19.2. The molecule has 0 radical (unpaired) electrons. The maximum absolute atomic E-state index is 13.0. The van der Waals surface area contributed by atoms with Gasteiger partial charge in [0.1, 0.15) is 5.75 Å². The summed E-state index contributed by atoms with van der Waals surface area (Å²) in [5.74, 6) is 1.29. The predicted octanol–water partition coefficient (Wildman–Crippen LogP) is 3.93. The molecule has 0 saturated carbocycles. The topological polar surface area (TPSA) is 81.5 Å². The summed E-state index contributed by atoms with van der Waals surface area (Å²) in [6.07, 6.45) is 0. The maximum atomic E-state index is 13.0. The number of rotatable bonds is 8. The quantitative estimate of drug-likeness (QED) is 0.503. The Balaban J connectivity index is 1.58. The number of para-hydroxylation sites is 2. The molecule has 4 rings (SSSR count). The average molecular weight is 468 g/mol. The molecule has 9 heteroatoms. The first-order chi connectivity index (χ1) is 16.1. The molecule has 1 amide bonds. The number of morpholine rings is 1. The van der Waals surface area contributed by atoms with E-state index in [0.29, 0.717) is 36.4 Å². The van der Waals surface area contributed by atoms with Gasteiger partial charge in [-0.05, 0) is 50.6 Å². The van der Waals surface area contributed by atoms with Crippen molar-refractivity contribution in [1.29, 1.82) is 0 Å². The van der Waals surface area contributed by atoms with Crippen molar-refractivity contribution in [2.45, 2.75) is 31.2 Å². The van der Waals surface area contributed by atoms with Crippen molar-refractivity contribution in [1.82, 2.24) is 14.8 Å². The Hall–Kier alpha value is -3.04. The Kier molecular flexibility index (Phi) is 7.51. The largest absolute Gasteiger partial charge is 0.492 e. The lowest BCUT2D eigenvalue weighted by Gasteiger charge is -2.28. The number of carbonyl (C=O) groups is 1. The average Bonchev–Trinajstić information content (AvgIpc) is 3.24. The Bertz CT molecular complexity index is 1100. The molecule has 8 nitrogen and oxygen atoms in total. The van der Waals surface area contributed by atoms with Crippen LogP contribution >= 0.6 is 11.8 Å². The summed E-state index contributed by atoms with van der Waals surface area (Å²) in [5, 5.41) is 12.2. The molecule has 2 aromatic carbocycles. The second kappa shape index (κ2) is 10.7. The van der Waals surface area contributed by atoms with Crippen molar-refractivity contribution < 1.29 is 14.3 Å². The molecule has 0 aliphatic carbocycles. The third-order valence-electron chi connectivity index (χ3n) is 5.27. The highest BCUT2D eigenvalue weighted by atomic mass is 32.2. The molecule has 1 unspecified atom stereocenters. The number of aromatic nitrogens is 3. The van der Waals surface area contributed by atoms with Crippen molar-refractivity contribution in [2.75, 3.05) is 43.1 Å². The zero-order valence-corrected chi connectivity index (χ0v) is 20.0. The van der Waals surface area contributed by atoms with Gasteiger partial charge >= 0.3 is 0 Å². The number of aryl methyl sites for hydroxylation is 1. The van der Waals surface area contributed by atoms with Crippen molar-refractivity contribution in [3.8, 4) is 11.4 Å². The fourth-order valence-electron chi connectivity index (χ4n) is 3.60. The first-order valence-corrected chi connectivity index (χ1v) is 12.0. The summed E-state index contributed by atoms with van der Waals surface area (Å²) in [5.41, 5.74) is 2.77. The number of carbonyl (C=O) groups excluding carboxylic acids is 1. The Morgan fingerprint density at radius 1 is 1.18 bits per heavy atom. The molecule has 2 heterocycles. The summed E-state index contributed by atoms with van der Waals surface area (Å²) < 4.78 is 13.2. The van der Waals surface area contributed by atoms with Gasteiger partial charge in [-0.3, -0.25) is 9.36 Å². The van der Waals surface area contributed by atoms with Gasteiger partial charge in [0.15, 0.2) is 5.16 Å². The molecule has 174 valence electrons. The number of nitrogens with zero attached hydrogens (tertiary/aromatic N) is 4. The van der Waals surface area contributed by atoms with Crippen LogP contribution in [0.15, 0.2) is 53.7 Å². The van der Waals surface area contributed by atoms with Crippen LogP contribution in [0.2, 0.25) is 0 Å². The fourth-order valence-corrected chi connectivity index (χ4v) is 4.46. The second-order valence-corrected chi connectivity index (χ2v) is 9.04. The first-order valence-electron chi connectivity index (χ1n) is 11.1. The molecule has 1 fully saturated rings. The highest BCUT2D eigenvalue weighted by molar-refractivity contribution is 8.00. The van der Waals surface area contributed by atoms with Crippen LogP contribution in [0.4, 0.5) is 11.6 Å². The number of hydrogen-bond donors (Lipinski definition) is 1. The van der Waals surface area contributed by atoms with E-state index in [1.807, 2.05) is 54.8 Å². The van der Waals surface area contributed by atoms with Gasteiger partial charge < -0.3 is 19.7 Å². The van der Waals surface area contributed by atoms with E-state index in [0.717, 1.165) is 30.3 Å². The van der Waals surface area contributed by atoms with Gasteiger partial charge in [-0.15, -0.1) is 10.2 Å². The minimum absolute atomic E-state index is 0.126. The van der Waals surface area contributed by atoms with Crippen molar-refractivity contribution >= 4 is 29.3 Å². The first kappa shape index (κ1) is 23.1. The summed E-state index contributed by atoms with van der Waals surface area (Å²) in [7, 11) is 0. The van der Waals surface area contributed by atoms with E-state index >= 15 is 0 Å². The van der Waals surface area contributed by atoms with Crippen LogP contribution in [0.25, 0.3) is 5.69 Å². The van der Waals surface area contributed by atoms with Crippen LogP contribution in [0, 0.1) is 6.92 Å². The van der Waals surface area contributed by atoms with Crippen molar-refractivity contribution in [2.24, 2.45) is 0 Å². The smallest absolute Gasteiger partial charge is 0.237 e. The minimum atomic E-state index is -0.398. The van der Waals surface area contributed by atoms with Crippen LogP contribution in [-0.4, -0.2) is 58.8 Å². The minimum Gasteiger partial charge on any atom is -0.492 e. The van der Waals surface area contributed by atoms with E-state index in [1.54, 1.807) is 0 Å². The van der Waals surface area contributed by atoms with Gasteiger partial charge in [-0.2, -0.15) is 0 Å². The Morgan fingerprint density at radius 3 is 2.73 bits per heavy atom. The van der Waals surface area contributed by atoms with Crippen LogP contribution in [0.5, 0.6) is 5.75 Å². The molecule has 0 bridgehead atoms. The zero-order chi connectivity index (χ0) is 23.2. The SMILES string of the molecule is CCOc1ccccc1NC(=O)C(C)Sc1nnc(N2CCOCC2)n1-c1cccc(C)c1. The van der Waals surface area contributed by atoms with E-state index in [2.05, 4.69) is 39.5 Å². The fraction of sp³-hybridized carbons (Fsp3) is 0.375. The van der Waals surface area contributed by atoms with E-state index in [1.165, 1.54) is 11.8 Å². The van der Waals surface area contributed by atoms with Crippen molar-refractivity contribution in [3.63, 3.8) is 0 Å². The van der Waals surface area contributed by atoms with Crippen LogP contribution in [-0.2, 0) is 9.53 Å². The highest BCUT2D eigenvalue weighted by Gasteiger charge is 2.25. The number of benzene rings is 2. The third-order valence-corrected chi connectivity index (χ3v) is 6.31. The lowest BCUT2D eigenvalue weighted by atomic mass is 10.2. The molecule has 1 aliphatic rings. The van der Waals surface area contributed by atoms with E-state index < -0.39 is 5.25 Å². The van der Waals surface area contributed by atoms with Gasteiger partial charge in [0.25, 0.3) is 0 Å². The molecule has 1 saturated heterocycles. The van der Waals surface area contributed by atoms with E-state index in [9.17, 15) is 4.79 Å². The standard InChI is InChI=1S/C24H29N5O3S/c1-4-32-21-11-6-5-10-20(21)25-22(30)18(3)33-24-27-26-23(28-12-14-31-15-13-28)29(24)19-9-7-8-17(2)16-19/h5-11,16,18H,4,12-15H2,1-3H3,(H,25,30). The molecular weight excluding hydrogens is 438 g/mol. The van der Waals surface area contributed by atoms with Crippen LogP contribution in [0.1, 0.15) is 19.4 Å². The molecule has 0 spiro atoms. The summed E-state index contributed by atoms with van der Waals surface area (Å²) in [6, 6.07) is 15.7. The number of thioether (sulfide) groups is 1. The molecule has 33 heavy (non-hydrogen) atoms. The lowest BCUT2D eigenvalue weighted by molar-refractivity contribution is -0.115. The summed E-state index contributed by atoms with van der Waals surface area (Å²) in [6.45, 7) is 9.18. The van der Waals surface area contributed by atoms with E-state index in [-0.39, 0.29) is 5.91 Å². The Morgan fingerprint density at radius 2 is 1.97 bits per heavy atom. The highest BCUT2D eigenvalue weighted by Crippen LogP contribution is 2.31. The van der Waals surface area contributed by atoms with Gasteiger partial charge in [-0.1, -0.05) is 36.0 Å². The molecule has 1 aliphatic heterocycles. The maximum Gasteiger partial charge on any atom is 0.237 e. The second-order valence-electron chi connectivity index (χ2n) is 7.73. The van der Waals surface area contributed by atoms with Crippen LogP contribution in [0.3, 0.4) is 0 Å². The van der Waals surface area contributed by atoms with Gasteiger partial charge in [0, 0.05) is 13.1 Å². The summed E-state index contributed by atoms with van der Waals surface area (Å²) >= 11 is 1.38. The number of amides is 1. The monoisotopic (exact) mass is 467 g/mol. The normalized spacial score (nSPS) is 14.7. The number of anilines is 2. The number of nitrogens with one attached hydrogen (secondary N) is 1. The molecule has 1 N–H and O–H groups in total. The molecular formula is C24H29N5O3S. The predicted molar refractivity (Wildman–Crippen MR) is 131 cm³/mol. The summed E-state index contributed by atoms with van der Waals surface area (Å²) in [4.78, 5) is 15.2. The van der Waals surface area contributed by atoms with Crippen LogP contribution < -0.4 is 15.0 Å². The van der Waals surface area contributed by atoms with E-state index in [4.69, 9.17) is 9.47 Å². The third kappa shape index (κ3) is 5.48. The van der Waals surface area contributed by atoms with Crippen molar-refractivity contribution in [3.05, 3.63) is 54.1 Å². The van der Waals surface area contributed by atoms with Gasteiger partial charge in [-0.25, -0.2) is 0 Å². The molecule has 1 atom stereocenters. The van der Waals surface area contributed by atoms with Gasteiger partial charge in [0.2, 0.25) is 11.9 Å². The van der Waals surface area contributed by atoms with Gasteiger partial charge in [0.05, 0.1) is 36.4 Å². The molecule has 1 aromatic heterocycles. The Labute approximate surface area is 198 Å². The molecule has 3 aromatic rings. The number of hydrogen-bond acceptors (Lipinski definition) is 7. The number of ether oxygens (including phenoxy) is 2. The lowest BCUT2D eigenvalue weighted by Crippen LogP contribution is -2.38.